The van der Waals surface area contributed by atoms with Crippen molar-refractivity contribution in [3.05, 3.63) is 53.3 Å². The van der Waals surface area contributed by atoms with Gasteiger partial charge in [0, 0.05) is 21.5 Å². The van der Waals surface area contributed by atoms with Gasteiger partial charge in [-0.15, -0.1) is 18.2 Å². The van der Waals surface area contributed by atoms with Crippen LogP contribution in [0.25, 0.3) is 10.9 Å². The highest BCUT2D eigenvalue weighted by Crippen LogP contribution is 2.32. The fraction of sp³-hybridized carbons (Fsp3) is 0.0588. The number of terminal acetylenes is 1. The van der Waals surface area contributed by atoms with E-state index in [0.717, 1.165) is 32.9 Å². The van der Waals surface area contributed by atoms with Crippen LogP contribution in [0.3, 0.4) is 0 Å². The van der Waals surface area contributed by atoms with Gasteiger partial charge in [0.05, 0.1) is 10.5 Å². The number of nitrogens with one attached hydrogen (secondary N) is 1. The fourth-order valence-electron chi connectivity index (χ4n) is 2.14. The molecular weight excluding hydrogens is 314 g/mol. The third-order valence-corrected chi connectivity index (χ3v) is 4.40. The molecule has 0 spiro atoms. The third-order valence-electron chi connectivity index (χ3n) is 3.20. The van der Waals surface area contributed by atoms with Gasteiger partial charge in [0.25, 0.3) is 0 Å². The molecule has 3 nitrogen and oxygen atoms in total. The molecule has 22 heavy (non-hydrogen) atoms. The first-order chi connectivity index (χ1) is 10.7. The van der Waals surface area contributed by atoms with Crippen LogP contribution in [0.4, 0.5) is 11.5 Å². The highest BCUT2D eigenvalue weighted by Gasteiger charge is 2.08. The van der Waals surface area contributed by atoms with Crippen LogP contribution in [0.5, 0.6) is 0 Å². The van der Waals surface area contributed by atoms with E-state index in [9.17, 15) is 0 Å². The maximum absolute atomic E-state index is 6.23. The van der Waals surface area contributed by atoms with E-state index >= 15 is 0 Å². The number of aromatic nitrogens is 2. The van der Waals surface area contributed by atoms with Crippen LogP contribution in [0.2, 0.25) is 5.02 Å². The first-order valence-corrected chi connectivity index (χ1v) is 8.13. The van der Waals surface area contributed by atoms with E-state index in [1.165, 1.54) is 6.33 Å². The summed E-state index contributed by atoms with van der Waals surface area (Å²) >= 11 is 7.82. The van der Waals surface area contributed by atoms with Crippen molar-refractivity contribution in [1.29, 1.82) is 0 Å². The summed E-state index contributed by atoms with van der Waals surface area (Å²) in [5.74, 6) is 3.35. The lowest BCUT2D eigenvalue weighted by Crippen LogP contribution is -1.96. The lowest BCUT2D eigenvalue weighted by atomic mass is 10.2. The molecule has 0 saturated heterocycles. The van der Waals surface area contributed by atoms with Crippen LogP contribution in [0, 0.1) is 12.3 Å². The Labute approximate surface area is 138 Å². The van der Waals surface area contributed by atoms with E-state index < -0.39 is 0 Å². The molecule has 0 aliphatic carbocycles. The van der Waals surface area contributed by atoms with Gasteiger partial charge in [-0.25, -0.2) is 9.97 Å². The van der Waals surface area contributed by atoms with E-state index in [2.05, 4.69) is 21.2 Å². The van der Waals surface area contributed by atoms with Crippen molar-refractivity contribution in [2.24, 2.45) is 0 Å². The van der Waals surface area contributed by atoms with Crippen LogP contribution < -0.4 is 5.32 Å². The molecule has 1 aromatic heterocycles. The number of rotatable bonds is 3. The molecular formula is C17H12ClN3S. The molecule has 1 heterocycles. The summed E-state index contributed by atoms with van der Waals surface area (Å²) in [6, 6.07) is 11.5. The Balaban J connectivity index is 2.08. The minimum atomic E-state index is 0.693. The summed E-state index contributed by atoms with van der Waals surface area (Å²) in [6.07, 6.45) is 8.94. The number of halogens is 1. The summed E-state index contributed by atoms with van der Waals surface area (Å²) in [5.41, 5.74) is 2.50. The van der Waals surface area contributed by atoms with Gasteiger partial charge in [-0.1, -0.05) is 23.6 Å². The molecule has 3 rings (SSSR count). The predicted octanol–water partition coefficient (Wildman–Crippen LogP) is 4.73. The number of benzene rings is 2. The van der Waals surface area contributed by atoms with Gasteiger partial charge in [-0.3, -0.25) is 0 Å². The summed E-state index contributed by atoms with van der Waals surface area (Å²) < 4.78 is 0. The zero-order valence-corrected chi connectivity index (χ0v) is 13.4. The van der Waals surface area contributed by atoms with Crippen LogP contribution in [-0.2, 0) is 0 Å². The lowest BCUT2D eigenvalue weighted by molar-refractivity contribution is 1.21. The number of thioether (sulfide) groups is 1. The topological polar surface area (TPSA) is 37.8 Å². The minimum Gasteiger partial charge on any atom is -0.340 e. The average Bonchev–Trinajstić information content (AvgIpc) is 2.54. The Morgan fingerprint density at radius 3 is 2.86 bits per heavy atom. The summed E-state index contributed by atoms with van der Waals surface area (Å²) in [4.78, 5) is 9.60. The summed E-state index contributed by atoms with van der Waals surface area (Å²) in [6.45, 7) is 0. The molecule has 108 valence electrons. The quantitative estimate of drug-likeness (QED) is 0.558. The fourth-order valence-corrected chi connectivity index (χ4v) is 3.02. The molecule has 0 unspecified atom stereocenters. The SMILES string of the molecule is C#Cc1cccc(Nc2ncnc3cc(Cl)c(SC)cc23)c1. The molecule has 3 aromatic rings. The van der Waals surface area contributed by atoms with Crippen molar-refractivity contribution in [2.45, 2.75) is 4.90 Å². The summed E-state index contributed by atoms with van der Waals surface area (Å²) in [7, 11) is 0. The van der Waals surface area contributed by atoms with Crippen molar-refractivity contribution in [3.63, 3.8) is 0 Å². The van der Waals surface area contributed by atoms with Crippen molar-refractivity contribution < 1.29 is 0 Å². The second-order valence-corrected chi connectivity index (χ2v) is 5.83. The van der Waals surface area contributed by atoms with E-state index in [4.69, 9.17) is 18.0 Å². The number of anilines is 2. The molecule has 0 amide bonds. The average molecular weight is 326 g/mol. The highest BCUT2D eigenvalue weighted by molar-refractivity contribution is 7.98. The zero-order chi connectivity index (χ0) is 15.5. The van der Waals surface area contributed by atoms with Crippen molar-refractivity contribution in [2.75, 3.05) is 11.6 Å². The molecule has 0 aliphatic rings. The number of fused-ring (bicyclic) bond motifs is 1. The molecule has 0 radical (unpaired) electrons. The van der Waals surface area contributed by atoms with E-state index in [0.29, 0.717) is 5.02 Å². The van der Waals surface area contributed by atoms with Gasteiger partial charge in [0.2, 0.25) is 0 Å². The van der Waals surface area contributed by atoms with Gasteiger partial charge < -0.3 is 5.32 Å². The van der Waals surface area contributed by atoms with Gasteiger partial charge in [-0.2, -0.15) is 0 Å². The Bertz CT molecular complexity index is 887. The smallest absolute Gasteiger partial charge is 0.141 e. The van der Waals surface area contributed by atoms with Crippen molar-refractivity contribution in [3.8, 4) is 12.3 Å². The Hall–Kier alpha value is -2.22. The number of hydrogen-bond acceptors (Lipinski definition) is 4. The van der Waals surface area contributed by atoms with E-state index in [-0.39, 0.29) is 0 Å². The molecule has 0 aliphatic heterocycles. The Morgan fingerprint density at radius 1 is 1.23 bits per heavy atom. The van der Waals surface area contributed by atoms with Gasteiger partial charge >= 0.3 is 0 Å². The van der Waals surface area contributed by atoms with Crippen LogP contribution in [0.15, 0.2) is 47.6 Å². The van der Waals surface area contributed by atoms with Crippen LogP contribution >= 0.6 is 23.4 Å². The second-order valence-electron chi connectivity index (χ2n) is 4.58. The number of hydrogen-bond donors (Lipinski definition) is 1. The monoisotopic (exact) mass is 325 g/mol. The van der Waals surface area contributed by atoms with E-state index in [1.807, 2.05) is 42.7 Å². The molecule has 5 heteroatoms. The highest BCUT2D eigenvalue weighted by atomic mass is 35.5. The predicted molar refractivity (Wildman–Crippen MR) is 94.0 cm³/mol. The molecule has 1 N–H and O–H groups in total. The summed E-state index contributed by atoms with van der Waals surface area (Å²) in [5, 5.41) is 4.91. The standard InChI is InChI=1S/C17H12ClN3S/c1-3-11-5-4-6-12(7-11)21-17-13-8-16(22-2)14(18)9-15(13)19-10-20-17/h1,4-10H,2H3,(H,19,20,21). The Morgan fingerprint density at radius 2 is 2.09 bits per heavy atom. The molecule has 2 aromatic carbocycles. The van der Waals surface area contributed by atoms with Crippen LogP contribution in [-0.4, -0.2) is 16.2 Å². The van der Waals surface area contributed by atoms with Crippen molar-refractivity contribution >= 4 is 45.8 Å². The van der Waals surface area contributed by atoms with Crippen LogP contribution in [0.1, 0.15) is 5.56 Å². The second kappa shape index (κ2) is 6.27. The normalized spacial score (nSPS) is 10.4. The first-order valence-electron chi connectivity index (χ1n) is 6.53. The maximum atomic E-state index is 6.23. The molecule has 0 fully saturated rings. The molecule has 0 saturated carbocycles. The lowest BCUT2D eigenvalue weighted by Gasteiger charge is -2.10. The minimum absolute atomic E-state index is 0.693. The molecule has 0 bridgehead atoms. The van der Waals surface area contributed by atoms with Gasteiger partial charge in [0.1, 0.15) is 12.1 Å². The third kappa shape index (κ3) is 2.87. The Kier molecular flexibility index (Phi) is 4.19. The zero-order valence-electron chi connectivity index (χ0n) is 11.8. The largest absolute Gasteiger partial charge is 0.340 e. The molecule has 0 atom stereocenters. The van der Waals surface area contributed by atoms with Crippen molar-refractivity contribution in [1.82, 2.24) is 9.97 Å². The van der Waals surface area contributed by atoms with E-state index in [1.54, 1.807) is 11.8 Å². The van der Waals surface area contributed by atoms with Gasteiger partial charge in [0.15, 0.2) is 0 Å². The van der Waals surface area contributed by atoms with Gasteiger partial charge in [-0.05, 0) is 36.6 Å². The first kappa shape index (κ1) is 14.7. The number of nitrogens with zero attached hydrogens (tertiary/aromatic N) is 2. The maximum Gasteiger partial charge on any atom is 0.141 e.